The van der Waals surface area contributed by atoms with Gasteiger partial charge in [0.2, 0.25) is 0 Å². The van der Waals surface area contributed by atoms with Crippen LogP contribution < -0.4 is 11.3 Å². The molecule has 0 aromatic carbocycles. The van der Waals surface area contributed by atoms with Gasteiger partial charge in [0.1, 0.15) is 5.69 Å². The molecule has 0 saturated heterocycles. The molecule has 0 unspecified atom stereocenters. The van der Waals surface area contributed by atoms with Crippen molar-refractivity contribution >= 4 is 11.6 Å². The molecule has 0 radical (unpaired) electrons. The van der Waals surface area contributed by atoms with Gasteiger partial charge in [-0.1, -0.05) is 0 Å². The third-order valence-electron chi connectivity index (χ3n) is 2.16. The lowest BCUT2D eigenvalue weighted by atomic mass is 10.3. The third kappa shape index (κ3) is 1.44. The van der Waals surface area contributed by atoms with Crippen molar-refractivity contribution in [1.29, 1.82) is 0 Å². The number of nitrogens with one attached hydrogen (secondary N) is 1. The van der Waals surface area contributed by atoms with Crippen LogP contribution in [0.1, 0.15) is 21.9 Å². The van der Waals surface area contributed by atoms with Crippen LogP contribution in [0, 0.1) is 13.8 Å². The number of nitrogens with two attached hydrogens (primary N) is 1. The minimum absolute atomic E-state index is 0.356. The maximum atomic E-state index is 11.5. The summed E-state index contributed by atoms with van der Waals surface area (Å²) < 4.78 is 1.68. The molecule has 2 aromatic heterocycles. The first-order valence-corrected chi connectivity index (χ1v) is 4.45. The summed E-state index contributed by atoms with van der Waals surface area (Å²) in [5.41, 5.74) is 4.62. The van der Waals surface area contributed by atoms with Crippen LogP contribution in [0.2, 0.25) is 0 Å². The van der Waals surface area contributed by atoms with Crippen molar-refractivity contribution in [2.45, 2.75) is 13.8 Å². The number of nitrogen functional groups attached to an aromatic ring is 1. The monoisotopic (exact) mass is 205 g/mol. The van der Waals surface area contributed by atoms with E-state index in [0.717, 1.165) is 5.69 Å². The van der Waals surface area contributed by atoms with Gasteiger partial charge < -0.3 is 0 Å². The number of nitrogens with zero attached hydrogens (tertiary/aromatic N) is 3. The molecule has 0 aliphatic rings. The fourth-order valence-corrected chi connectivity index (χ4v) is 1.51. The summed E-state index contributed by atoms with van der Waals surface area (Å²) in [5, 5.41) is 0. The van der Waals surface area contributed by atoms with Gasteiger partial charge in [-0.3, -0.25) is 19.6 Å². The molecular weight excluding hydrogens is 194 g/mol. The molecule has 2 aromatic rings. The summed E-state index contributed by atoms with van der Waals surface area (Å²) in [4.78, 5) is 19.8. The minimum atomic E-state index is -0.356. The molecule has 0 aliphatic carbocycles. The van der Waals surface area contributed by atoms with Gasteiger partial charge in [-0.05, 0) is 13.8 Å². The molecule has 0 spiro atoms. The Balaban J connectivity index is 2.76. The van der Waals surface area contributed by atoms with E-state index in [4.69, 9.17) is 5.84 Å². The van der Waals surface area contributed by atoms with E-state index >= 15 is 0 Å². The maximum absolute atomic E-state index is 11.5. The summed E-state index contributed by atoms with van der Waals surface area (Å²) in [6.45, 7) is 3.60. The van der Waals surface area contributed by atoms with Crippen LogP contribution in [-0.2, 0) is 0 Å². The predicted octanol–water partition coefficient (Wildman–Crippen LogP) is -0.0504. The highest BCUT2D eigenvalue weighted by Crippen LogP contribution is 2.11. The second-order valence-corrected chi connectivity index (χ2v) is 3.28. The molecule has 0 saturated carbocycles. The number of carbonyl (C=O) groups is 1. The highest BCUT2D eigenvalue weighted by atomic mass is 16.2. The minimum Gasteiger partial charge on any atom is -0.292 e. The molecule has 0 aliphatic heterocycles. The Morgan fingerprint density at radius 1 is 1.53 bits per heavy atom. The van der Waals surface area contributed by atoms with Gasteiger partial charge in [0.15, 0.2) is 5.65 Å². The molecule has 0 fully saturated rings. The average molecular weight is 205 g/mol. The Morgan fingerprint density at radius 3 is 2.93 bits per heavy atom. The standard InChI is InChI=1S/C9H11N5O/c1-5-4-14-7(3-11-5)12-6(2)8(14)9(15)13-10/h3-4H,10H2,1-2H3,(H,13,15). The number of hydrogen-bond acceptors (Lipinski definition) is 4. The van der Waals surface area contributed by atoms with Crippen LogP contribution in [0.25, 0.3) is 5.65 Å². The van der Waals surface area contributed by atoms with E-state index in [1.165, 1.54) is 0 Å². The Kier molecular flexibility index (Phi) is 2.12. The maximum Gasteiger partial charge on any atom is 0.284 e. The van der Waals surface area contributed by atoms with Gasteiger partial charge in [-0.25, -0.2) is 10.8 Å². The topological polar surface area (TPSA) is 85.3 Å². The lowest BCUT2D eigenvalue weighted by molar-refractivity contribution is 0.0947. The fourth-order valence-electron chi connectivity index (χ4n) is 1.51. The highest BCUT2D eigenvalue weighted by Gasteiger charge is 2.15. The molecule has 6 nitrogen and oxygen atoms in total. The number of hydrazine groups is 1. The van der Waals surface area contributed by atoms with Crippen LogP contribution in [0.4, 0.5) is 0 Å². The molecule has 0 bridgehead atoms. The van der Waals surface area contributed by atoms with Crippen molar-refractivity contribution in [3.8, 4) is 0 Å². The average Bonchev–Trinajstić information content (AvgIpc) is 2.52. The van der Waals surface area contributed by atoms with Gasteiger partial charge in [-0.15, -0.1) is 0 Å². The summed E-state index contributed by atoms with van der Waals surface area (Å²) in [6, 6.07) is 0. The zero-order valence-electron chi connectivity index (χ0n) is 8.48. The third-order valence-corrected chi connectivity index (χ3v) is 2.16. The SMILES string of the molecule is Cc1cn2c(C(=O)NN)c(C)nc2cn1. The molecule has 6 heteroatoms. The van der Waals surface area contributed by atoms with Crippen molar-refractivity contribution < 1.29 is 4.79 Å². The number of imidazole rings is 1. The molecule has 1 amide bonds. The molecule has 0 atom stereocenters. The first kappa shape index (κ1) is 9.60. The molecule has 2 rings (SSSR count). The van der Waals surface area contributed by atoms with Crippen LogP contribution in [-0.4, -0.2) is 20.3 Å². The number of aryl methyl sites for hydroxylation is 2. The van der Waals surface area contributed by atoms with E-state index in [0.29, 0.717) is 17.0 Å². The van der Waals surface area contributed by atoms with E-state index in [1.54, 1.807) is 23.7 Å². The van der Waals surface area contributed by atoms with Gasteiger partial charge in [0, 0.05) is 6.20 Å². The van der Waals surface area contributed by atoms with Gasteiger partial charge >= 0.3 is 0 Å². The lowest BCUT2D eigenvalue weighted by Gasteiger charge is -2.01. The Labute approximate surface area is 86.1 Å². The van der Waals surface area contributed by atoms with Crippen LogP contribution >= 0.6 is 0 Å². The Hall–Kier alpha value is -1.95. The molecule has 15 heavy (non-hydrogen) atoms. The van der Waals surface area contributed by atoms with Gasteiger partial charge in [-0.2, -0.15) is 0 Å². The predicted molar refractivity (Wildman–Crippen MR) is 54.1 cm³/mol. The van der Waals surface area contributed by atoms with Crippen LogP contribution in [0.3, 0.4) is 0 Å². The van der Waals surface area contributed by atoms with E-state index in [2.05, 4.69) is 15.4 Å². The Bertz CT molecular complexity index is 531. The van der Waals surface area contributed by atoms with Crippen molar-refractivity contribution in [3.05, 3.63) is 29.5 Å². The number of amides is 1. The summed E-state index contributed by atoms with van der Waals surface area (Å²) >= 11 is 0. The Morgan fingerprint density at radius 2 is 2.27 bits per heavy atom. The van der Waals surface area contributed by atoms with Gasteiger partial charge in [0.25, 0.3) is 5.91 Å². The zero-order chi connectivity index (χ0) is 11.0. The first-order valence-electron chi connectivity index (χ1n) is 4.45. The largest absolute Gasteiger partial charge is 0.292 e. The van der Waals surface area contributed by atoms with Crippen LogP contribution in [0.5, 0.6) is 0 Å². The van der Waals surface area contributed by atoms with Gasteiger partial charge in [0.05, 0.1) is 17.6 Å². The van der Waals surface area contributed by atoms with E-state index in [9.17, 15) is 4.79 Å². The number of rotatable bonds is 1. The molecule has 3 N–H and O–H groups in total. The smallest absolute Gasteiger partial charge is 0.284 e. The second kappa shape index (κ2) is 3.32. The zero-order valence-corrected chi connectivity index (χ0v) is 8.48. The van der Waals surface area contributed by atoms with Crippen molar-refractivity contribution in [1.82, 2.24) is 19.8 Å². The van der Waals surface area contributed by atoms with Crippen molar-refractivity contribution in [2.75, 3.05) is 0 Å². The van der Waals surface area contributed by atoms with Crippen molar-refractivity contribution in [2.24, 2.45) is 5.84 Å². The number of carbonyl (C=O) groups excluding carboxylic acids is 1. The van der Waals surface area contributed by atoms with E-state index in [-0.39, 0.29) is 5.91 Å². The normalized spacial score (nSPS) is 10.6. The summed E-state index contributed by atoms with van der Waals surface area (Å²) in [5.74, 6) is 4.75. The summed E-state index contributed by atoms with van der Waals surface area (Å²) in [6.07, 6.45) is 3.37. The quantitative estimate of drug-likeness (QED) is 0.388. The summed E-state index contributed by atoms with van der Waals surface area (Å²) in [7, 11) is 0. The highest BCUT2D eigenvalue weighted by molar-refractivity contribution is 5.94. The number of fused-ring (bicyclic) bond motifs is 1. The second-order valence-electron chi connectivity index (χ2n) is 3.28. The molecule has 78 valence electrons. The number of hydrogen-bond donors (Lipinski definition) is 2. The number of aromatic nitrogens is 3. The molecular formula is C9H11N5O. The lowest BCUT2D eigenvalue weighted by Crippen LogP contribution is -2.31. The molecule has 2 heterocycles. The van der Waals surface area contributed by atoms with E-state index in [1.807, 2.05) is 6.92 Å². The fraction of sp³-hybridized carbons (Fsp3) is 0.222. The van der Waals surface area contributed by atoms with E-state index < -0.39 is 0 Å². The van der Waals surface area contributed by atoms with Crippen LogP contribution in [0.15, 0.2) is 12.4 Å². The van der Waals surface area contributed by atoms with Crippen molar-refractivity contribution in [3.63, 3.8) is 0 Å². The first-order chi connectivity index (χ1) is 7.13.